The molecule has 0 aromatic carbocycles. The lowest BCUT2D eigenvalue weighted by atomic mass is 9.90. The highest BCUT2D eigenvalue weighted by Crippen LogP contribution is 2.32. The molecule has 3 rings (SSSR count). The van der Waals surface area contributed by atoms with E-state index in [-0.39, 0.29) is 5.84 Å². The van der Waals surface area contributed by atoms with Gasteiger partial charge in [0.2, 0.25) is 0 Å². The molecule has 2 aliphatic rings. The van der Waals surface area contributed by atoms with Gasteiger partial charge in [0, 0.05) is 11.3 Å². The van der Waals surface area contributed by atoms with Gasteiger partial charge in [-0.15, -0.1) is 0 Å². The number of aryl methyl sites for hydroxylation is 1. The lowest BCUT2D eigenvalue weighted by Gasteiger charge is -2.18. The highest BCUT2D eigenvalue weighted by atomic mass is 79.9. The van der Waals surface area contributed by atoms with Crippen molar-refractivity contribution in [3.63, 3.8) is 0 Å². The minimum Gasteiger partial charge on any atom is -0.383 e. The highest BCUT2D eigenvalue weighted by molar-refractivity contribution is 9.10. The normalized spacial score (nSPS) is 18.1. The van der Waals surface area contributed by atoms with E-state index in [1.165, 1.54) is 18.4 Å². The minimum absolute atomic E-state index is 0.222. The van der Waals surface area contributed by atoms with E-state index in [4.69, 9.17) is 11.1 Å². The van der Waals surface area contributed by atoms with Gasteiger partial charge in [-0.1, -0.05) is 0 Å². The molecule has 4 nitrogen and oxygen atoms in total. The first-order valence-electron chi connectivity index (χ1n) is 5.33. The van der Waals surface area contributed by atoms with E-state index in [1.807, 2.05) is 0 Å². The average molecular weight is 279 g/mol. The minimum atomic E-state index is 0.222. The number of aromatic nitrogens is 1. The van der Waals surface area contributed by atoms with E-state index >= 15 is 0 Å². The second-order valence-corrected chi connectivity index (χ2v) is 4.88. The van der Waals surface area contributed by atoms with Crippen LogP contribution < -0.4 is 5.73 Å². The first kappa shape index (κ1) is 9.96. The van der Waals surface area contributed by atoms with Crippen LogP contribution in [-0.4, -0.2) is 16.7 Å². The summed E-state index contributed by atoms with van der Waals surface area (Å²) in [6.07, 6.45) is 4.35. The van der Waals surface area contributed by atoms with Crippen molar-refractivity contribution < 1.29 is 0 Å². The van der Waals surface area contributed by atoms with Crippen LogP contribution >= 0.6 is 15.9 Å². The summed E-state index contributed by atoms with van der Waals surface area (Å²) in [6.45, 7) is 0. The molecule has 0 unspecified atom stereocenters. The van der Waals surface area contributed by atoms with Gasteiger partial charge in [0.1, 0.15) is 10.4 Å². The maximum Gasteiger partial charge on any atom is 0.157 e. The van der Waals surface area contributed by atoms with Gasteiger partial charge in [0.15, 0.2) is 5.84 Å². The van der Waals surface area contributed by atoms with Gasteiger partial charge in [-0.3, -0.25) is 5.41 Å². The lowest BCUT2D eigenvalue weighted by molar-refractivity contribution is 0.665. The third kappa shape index (κ3) is 1.24. The molecule has 0 atom stereocenters. The van der Waals surface area contributed by atoms with Crippen LogP contribution in [0.4, 0.5) is 0 Å². The van der Waals surface area contributed by atoms with Crippen molar-refractivity contribution in [3.8, 4) is 0 Å². The number of hydrogen-bond acceptors (Lipinski definition) is 3. The predicted octanol–water partition coefficient (Wildman–Crippen LogP) is 1.77. The molecular weight excluding hydrogens is 268 g/mol. The quantitative estimate of drug-likeness (QED) is 0.710. The number of pyridine rings is 1. The molecule has 0 radical (unpaired) electrons. The Morgan fingerprint density at radius 1 is 1.19 bits per heavy atom. The number of nitrogens with zero attached hydrogens (tertiary/aromatic N) is 2. The fraction of sp³-hybridized carbons (Fsp3) is 0.364. The average Bonchev–Trinajstić information content (AvgIpc) is 2.55. The van der Waals surface area contributed by atoms with Gasteiger partial charge in [-0.25, -0.2) is 9.98 Å². The SMILES string of the molecule is N=C1N=C(N)c2c3c(nc(Br)c21)CCCC3. The van der Waals surface area contributed by atoms with Crippen molar-refractivity contribution in [2.45, 2.75) is 25.7 Å². The Morgan fingerprint density at radius 3 is 2.75 bits per heavy atom. The number of hydrogen-bond donors (Lipinski definition) is 2. The standard InChI is InChI=1S/C11H11BrN4/c12-9-8-7(10(13)16-11(8)14)5-3-1-2-4-6(5)15-9/h1-4H2,(H3,13,14,16). The fourth-order valence-corrected chi connectivity index (χ4v) is 3.04. The topological polar surface area (TPSA) is 75.1 Å². The summed E-state index contributed by atoms with van der Waals surface area (Å²) >= 11 is 3.41. The molecule has 0 bridgehead atoms. The van der Waals surface area contributed by atoms with Crippen LogP contribution in [0.3, 0.4) is 0 Å². The summed E-state index contributed by atoms with van der Waals surface area (Å²) in [5.74, 6) is 0.696. The largest absolute Gasteiger partial charge is 0.383 e. The Balaban J connectivity index is 2.33. The predicted molar refractivity (Wildman–Crippen MR) is 66.1 cm³/mol. The number of nitrogens with one attached hydrogen (secondary N) is 1. The third-order valence-corrected chi connectivity index (χ3v) is 3.73. The molecule has 2 heterocycles. The van der Waals surface area contributed by atoms with Crippen LogP contribution in [0.5, 0.6) is 0 Å². The summed E-state index contributed by atoms with van der Waals surface area (Å²) < 4.78 is 0.706. The summed E-state index contributed by atoms with van der Waals surface area (Å²) in [5.41, 5.74) is 9.92. The Kier molecular flexibility index (Phi) is 2.10. The molecule has 16 heavy (non-hydrogen) atoms. The highest BCUT2D eigenvalue weighted by Gasteiger charge is 2.28. The number of nitrogens with two attached hydrogens (primary N) is 1. The van der Waals surface area contributed by atoms with Gasteiger partial charge in [-0.05, 0) is 47.2 Å². The van der Waals surface area contributed by atoms with Crippen LogP contribution in [0.15, 0.2) is 9.60 Å². The Bertz CT molecular complexity index is 533. The van der Waals surface area contributed by atoms with E-state index in [1.54, 1.807) is 0 Å². The number of fused-ring (bicyclic) bond motifs is 3. The fourth-order valence-electron chi connectivity index (χ4n) is 2.44. The van der Waals surface area contributed by atoms with Crippen molar-refractivity contribution >= 4 is 27.6 Å². The molecule has 0 amide bonds. The molecule has 1 aliphatic heterocycles. The molecule has 3 N–H and O–H groups in total. The molecule has 0 spiro atoms. The number of rotatable bonds is 0. The molecule has 5 heteroatoms. The first-order valence-corrected chi connectivity index (χ1v) is 6.12. The zero-order valence-corrected chi connectivity index (χ0v) is 10.3. The first-order chi connectivity index (χ1) is 7.68. The Hall–Kier alpha value is -1.23. The molecule has 1 aliphatic carbocycles. The Labute approximate surface area is 102 Å². The number of halogens is 1. The van der Waals surface area contributed by atoms with Gasteiger partial charge in [0.25, 0.3) is 0 Å². The van der Waals surface area contributed by atoms with Crippen molar-refractivity contribution in [2.75, 3.05) is 0 Å². The van der Waals surface area contributed by atoms with Crippen molar-refractivity contribution in [1.29, 1.82) is 5.41 Å². The van der Waals surface area contributed by atoms with Crippen LogP contribution in [0.25, 0.3) is 0 Å². The zero-order valence-electron chi connectivity index (χ0n) is 8.68. The van der Waals surface area contributed by atoms with Crippen LogP contribution in [-0.2, 0) is 12.8 Å². The van der Waals surface area contributed by atoms with Crippen molar-refractivity contribution in [1.82, 2.24) is 4.98 Å². The van der Waals surface area contributed by atoms with Crippen molar-refractivity contribution in [2.24, 2.45) is 10.7 Å². The van der Waals surface area contributed by atoms with E-state index < -0.39 is 0 Å². The molecule has 82 valence electrons. The van der Waals surface area contributed by atoms with Gasteiger partial charge in [-0.2, -0.15) is 0 Å². The third-order valence-electron chi connectivity index (χ3n) is 3.16. The Morgan fingerprint density at radius 2 is 1.94 bits per heavy atom. The van der Waals surface area contributed by atoms with E-state index in [0.717, 1.165) is 29.7 Å². The second kappa shape index (κ2) is 3.38. The molecule has 0 fully saturated rings. The molecule has 1 aromatic heterocycles. The molecule has 1 aromatic rings. The molecular formula is C11H11BrN4. The molecule has 0 saturated heterocycles. The summed E-state index contributed by atoms with van der Waals surface area (Å²) in [6, 6.07) is 0. The van der Waals surface area contributed by atoms with Crippen LogP contribution in [0.2, 0.25) is 0 Å². The summed E-state index contributed by atoms with van der Waals surface area (Å²) in [7, 11) is 0. The zero-order chi connectivity index (χ0) is 11.3. The van der Waals surface area contributed by atoms with Crippen molar-refractivity contribution in [3.05, 3.63) is 27.0 Å². The maximum absolute atomic E-state index is 7.78. The smallest absolute Gasteiger partial charge is 0.157 e. The van der Waals surface area contributed by atoms with Gasteiger partial charge < -0.3 is 5.73 Å². The molecule has 0 saturated carbocycles. The number of aliphatic imine (C=N–C) groups is 1. The van der Waals surface area contributed by atoms with Gasteiger partial charge in [0.05, 0.1) is 5.56 Å². The van der Waals surface area contributed by atoms with E-state index in [0.29, 0.717) is 10.4 Å². The number of amidine groups is 2. The monoisotopic (exact) mass is 278 g/mol. The summed E-state index contributed by atoms with van der Waals surface area (Å²) in [5, 5.41) is 7.78. The van der Waals surface area contributed by atoms with E-state index in [9.17, 15) is 0 Å². The summed E-state index contributed by atoms with van der Waals surface area (Å²) in [4.78, 5) is 8.55. The van der Waals surface area contributed by atoms with Gasteiger partial charge >= 0.3 is 0 Å². The second-order valence-electron chi connectivity index (χ2n) is 4.13. The van der Waals surface area contributed by atoms with Crippen LogP contribution in [0.1, 0.15) is 35.2 Å². The van der Waals surface area contributed by atoms with Crippen LogP contribution in [0, 0.1) is 5.41 Å². The maximum atomic E-state index is 7.78. The van der Waals surface area contributed by atoms with E-state index in [2.05, 4.69) is 25.9 Å². The lowest BCUT2D eigenvalue weighted by Crippen LogP contribution is -2.18.